The molecule has 2 aromatic rings. The Hall–Kier alpha value is -2.67. The average molecular weight is 403 g/mol. The molecule has 2 amide bonds. The second kappa shape index (κ2) is 11.2. The van der Waals surface area contributed by atoms with Crippen molar-refractivity contribution in [3.05, 3.63) is 48.5 Å². The van der Waals surface area contributed by atoms with E-state index in [0.29, 0.717) is 30.3 Å². The van der Waals surface area contributed by atoms with E-state index < -0.39 is 0 Å². The molecule has 0 aliphatic carbocycles. The summed E-state index contributed by atoms with van der Waals surface area (Å²) in [6, 6.07) is 14.5. The average Bonchev–Trinajstić information content (AvgIpc) is 2.69. The predicted molar refractivity (Wildman–Crippen MR) is 114 cm³/mol. The fourth-order valence-corrected chi connectivity index (χ4v) is 3.04. The van der Waals surface area contributed by atoms with Gasteiger partial charge in [0, 0.05) is 5.69 Å². The second-order valence-corrected chi connectivity index (χ2v) is 7.21. The molecule has 0 saturated heterocycles. The monoisotopic (exact) mass is 402 g/mol. The van der Waals surface area contributed by atoms with Gasteiger partial charge in [0.15, 0.2) is 0 Å². The highest BCUT2D eigenvalue weighted by Crippen LogP contribution is 2.25. The number of hydrogen-bond acceptors (Lipinski definition) is 5. The Kier molecular flexibility index (Phi) is 8.68. The lowest BCUT2D eigenvalue weighted by Gasteiger charge is -2.15. The van der Waals surface area contributed by atoms with Gasteiger partial charge in [-0.05, 0) is 57.2 Å². The Labute approximate surface area is 170 Å². The zero-order valence-corrected chi connectivity index (χ0v) is 17.2. The first-order valence-corrected chi connectivity index (χ1v) is 10.2. The first-order chi connectivity index (χ1) is 13.5. The van der Waals surface area contributed by atoms with E-state index >= 15 is 0 Å². The molecule has 2 rings (SSSR count). The Morgan fingerprint density at radius 1 is 0.964 bits per heavy atom. The van der Waals surface area contributed by atoms with Crippen LogP contribution in [0.5, 0.6) is 11.5 Å². The second-order valence-electron chi connectivity index (χ2n) is 5.88. The van der Waals surface area contributed by atoms with Crippen LogP contribution in [0.1, 0.15) is 20.8 Å². The molecule has 0 unspecified atom stereocenters. The lowest BCUT2D eigenvalue weighted by atomic mass is 10.3. The van der Waals surface area contributed by atoms with Gasteiger partial charge in [0.05, 0.1) is 29.9 Å². The minimum atomic E-state index is -0.388. The Morgan fingerprint density at radius 3 is 2.32 bits per heavy atom. The van der Waals surface area contributed by atoms with Crippen LogP contribution in [0.2, 0.25) is 0 Å². The number of rotatable bonds is 10. The standard InChI is InChI=1S/C21H26N2O4S/c1-4-26-17-12-10-16(11-13-17)22-20(24)14-28-15(3)21(25)23-18-8-6-7-9-19(18)27-5-2/h6-13,15H,4-5,14H2,1-3H3,(H,22,24)(H,23,25)/t15-/m1/s1. The molecule has 28 heavy (non-hydrogen) atoms. The zero-order chi connectivity index (χ0) is 20.4. The lowest BCUT2D eigenvalue weighted by molar-refractivity contribution is -0.115. The molecule has 2 aromatic carbocycles. The molecule has 2 N–H and O–H groups in total. The molecule has 7 heteroatoms. The fourth-order valence-electron chi connectivity index (χ4n) is 2.36. The van der Waals surface area contributed by atoms with E-state index in [1.165, 1.54) is 11.8 Å². The van der Waals surface area contributed by atoms with E-state index in [2.05, 4.69) is 10.6 Å². The van der Waals surface area contributed by atoms with Gasteiger partial charge in [-0.25, -0.2) is 0 Å². The molecular weight excluding hydrogens is 376 g/mol. The zero-order valence-electron chi connectivity index (χ0n) is 16.4. The van der Waals surface area contributed by atoms with Crippen LogP contribution in [0.3, 0.4) is 0 Å². The van der Waals surface area contributed by atoms with Crippen LogP contribution in [0.25, 0.3) is 0 Å². The van der Waals surface area contributed by atoms with Gasteiger partial charge in [-0.15, -0.1) is 11.8 Å². The van der Waals surface area contributed by atoms with E-state index in [1.54, 1.807) is 43.3 Å². The molecule has 150 valence electrons. The first kappa shape index (κ1) is 21.6. The summed E-state index contributed by atoms with van der Waals surface area (Å²) in [6.45, 7) is 6.69. The maximum absolute atomic E-state index is 12.4. The van der Waals surface area contributed by atoms with Gasteiger partial charge in [-0.1, -0.05) is 12.1 Å². The molecule has 0 fully saturated rings. The Balaban J connectivity index is 1.81. The SMILES string of the molecule is CCOc1ccc(NC(=O)CS[C@H](C)C(=O)Nc2ccccc2OCC)cc1. The third kappa shape index (κ3) is 6.81. The number of para-hydroxylation sites is 2. The number of amides is 2. The molecule has 0 bridgehead atoms. The maximum atomic E-state index is 12.4. The minimum Gasteiger partial charge on any atom is -0.494 e. The molecule has 0 heterocycles. The van der Waals surface area contributed by atoms with Crippen LogP contribution in [0, 0.1) is 0 Å². The van der Waals surface area contributed by atoms with E-state index in [-0.39, 0.29) is 22.8 Å². The quantitative estimate of drug-likeness (QED) is 0.623. The topological polar surface area (TPSA) is 76.7 Å². The first-order valence-electron chi connectivity index (χ1n) is 9.20. The van der Waals surface area contributed by atoms with E-state index in [4.69, 9.17) is 9.47 Å². The van der Waals surface area contributed by atoms with E-state index in [9.17, 15) is 9.59 Å². The number of ether oxygens (including phenoxy) is 2. The third-order valence-electron chi connectivity index (χ3n) is 3.73. The highest BCUT2D eigenvalue weighted by Gasteiger charge is 2.17. The van der Waals surface area contributed by atoms with E-state index in [0.717, 1.165) is 5.75 Å². The van der Waals surface area contributed by atoms with Gasteiger partial charge in [-0.3, -0.25) is 9.59 Å². The van der Waals surface area contributed by atoms with Crippen molar-refractivity contribution in [3.8, 4) is 11.5 Å². The van der Waals surface area contributed by atoms with Crippen molar-refractivity contribution in [3.63, 3.8) is 0 Å². The summed E-state index contributed by atoms with van der Waals surface area (Å²) in [5, 5.41) is 5.28. The van der Waals surface area contributed by atoms with Gasteiger partial charge in [-0.2, -0.15) is 0 Å². The summed E-state index contributed by atoms with van der Waals surface area (Å²) in [5.41, 5.74) is 1.32. The van der Waals surface area contributed by atoms with Crippen LogP contribution in [-0.2, 0) is 9.59 Å². The number of hydrogen-bond donors (Lipinski definition) is 2. The van der Waals surface area contributed by atoms with Crippen molar-refractivity contribution in [1.82, 2.24) is 0 Å². The van der Waals surface area contributed by atoms with Crippen molar-refractivity contribution < 1.29 is 19.1 Å². The number of benzene rings is 2. The van der Waals surface area contributed by atoms with E-state index in [1.807, 2.05) is 26.0 Å². The lowest BCUT2D eigenvalue weighted by Crippen LogP contribution is -2.25. The van der Waals surface area contributed by atoms with Crippen LogP contribution in [0.15, 0.2) is 48.5 Å². The molecule has 1 atom stereocenters. The molecule has 0 aliphatic heterocycles. The summed E-state index contributed by atoms with van der Waals surface area (Å²) >= 11 is 1.27. The number of nitrogens with one attached hydrogen (secondary N) is 2. The molecule has 0 aliphatic rings. The molecule has 6 nitrogen and oxygen atoms in total. The molecular formula is C21H26N2O4S. The fraction of sp³-hybridized carbons (Fsp3) is 0.333. The van der Waals surface area contributed by atoms with Crippen LogP contribution in [-0.4, -0.2) is 36.0 Å². The van der Waals surface area contributed by atoms with Gasteiger partial charge in [0.1, 0.15) is 11.5 Å². The summed E-state index contributed by atoms with van der Waals surface area (Å²) in [4.78, 5) is 24.5. The largest absolute Gasteiger partial charge is 0.494 e. The summed E-state index contributed by atoms with van der Waals surface area (Å²) in [5.74, 6) is 1.22. The van der Waals surface area contributed by atoms with Crippen LogP contribution < -0.4 is 20.1 Å². The van der Waals surface area contributed by atoms with Crippen LogP contribution >= 0.6 is 11.8 Å². The van der Waals surface area contributed by atoms with Gasteiger partial charge in [0.25, 0.3) is 0 Å². The molecule has 0 radical (unpaired) electrons. The predicted octanol–water partition coefficient (Wildman–Crippen LogP) is 4.18. The van der Waals surface area contributed by atoms with Crippen molar-refractivity contribution in [2.75, 3.05) is 29.6 Å². The van der Waals surface area contributed by atoms with Crippen molar-refractivity contribution in [2.45, 2.75) is 26.0 Å². The smallest absolute Gasteiger partial charge is 0.237 e. The van der Waals surface area contributed by atoms with Gasteiger partial charge < -0.3 is 20.1 Å². The van der Waals surface area contributed by atoms with Crippen molar-refractivity contribution in [2.24, 2.45) is 0 Å². The summed E-state index contributed by atoms with van der Waals surface area (Å²) < 4.78 is 10.9. The Morgan fingerprint density at radius 2 is 1.64 bits per heavy atom. The molecule has 0 spiro atoms. The maximum Gasteiger partial charge on any atom is 0.237 e. The third-order valence-corrected chi connectivity index (χ3v) is 4.87. The van der Waals surface area contributed by atoms with Crippen molar-refractivity contribution >= 4 is 35.0 Å². The number of carbonyl (C=O) groups is 2. The highest BCUT2D eigenvalue weighted by atomic mass is 32.2. The number of carbonyl (C=O) groups excluding carboxylic acids is 2. The van der Waals surface area contributed by atoms with Crippen LogP contribution in [0.4, 0.5) is 11.4 Å². The number of anilines is 2. The highest BCUT2D eigenvalue weighted by molar-refractivity contribution is 8.01. The number of thioether (sulfide) groups is 1. The summed E-state index contributed by atoms with van der Waals surface area (Å²) in [6.07, 6.45) is 0. The normalized spacial score (nSPS) is 11.4. The van der Waals surface area contributed by atoms with Crippen molar-refractivity contribution in [1.29, 1.82) is 0 Å². The van der Waals surface area contributed by atoms with Gasteiger partial charge >= 0.3 is 0 Å². The Bertz CT molecular complexity index is 780. The molecule has 0 saturated carbocycles. The molecule has 0 aromatic heterocycles. The van der Waals surface area contributed by atoms with Gasteiger partial charge in [0.2, 0.25) is 11.8 Å². The summed E-state index contributed by atoms with van der Waals surface area (Å²) in [7, 11) is 0. The minimum absolute atomic E-state index is 0.163.